The molecule has 1 heterocycles. The number of aldehydes is 1. The molecule has 0 radical (unpaired) electrons. The number of pyridine rings is 1. The van der Waals surface area contributed by atoms with Gasteiger partial charge in [0, 0.05) is 29.9 Å². The zero-order valence-electron chi connectivity index (χ0n) is 25.6. The molecule has 0 saturated carbocycles. The van der Waals surface area contributed by atoms with Crippen LogP contribution in [0.3, 0.4) is 0 Å². The molecule has 1 N–H and O–H groups in total. The van der Waals surface area contributed by atoms with Crippen molar-refractivity contribution in [2.45, 2.75) is 33.0 Å². The molecule has 0 aliphatic carbocycles. The fourth-order valence-electron chi connectivity index (χ4n) is 5.19. The number of aliphatic hydroxyl groups excluding tert-OH is 1. The van der Waals surface area contributed by atoms with Crippen molar-refractivity contribution in [2.75, 3.05) is 13.2 Å². The summed E-state index contributed by atoms with van der Waals surface area (Å²) in [7, 11) is 0. The predicted octanol–water partition coefficient (Wildman–Crippen LogP) is 8.02. The maximum absolute atomic E-state index is 11.8. The number of nitrogens with zero attached hydrogens (tertiary/aromatic N) is 2. The zero-order valence-corrected chi connectivity index (χ0v) is 26.3. The lowest BCUT2D eigenvalue weighted by atomic mass is 9.93. The van der Waals surface area contributed by atoms with Gasteiger partial charge < -0.3 is 19.3 Å². The number of carbonyl (C=O) groups is 1. The van der Waals surface area contributed by atoms with Gasteiger partial charge in [0.15, 0.2) is 6.29 Å². The Labute approximate surface area is 273 Å². The molecule has 0 saturated heterocycles. The molecule has 7 nitrogen and oxygen atoms in total. The van der Waals surface area contributed by atoms with Crippen LogP contribution in [0, 0.1) is 25.2 Å². The molecule has 1 aromatic heterocycles. The second-order valence-corrected chi connectivity index (χ2v) is 11.2. The summed E-state index contributed by atoms with van der Waals surface area (Å²) in [6.07, 6.45) is 3.75. The van der Waals surface area contributed by atoms with Gasteiger partial charge in [-0.05, 0) is 65.4 Å². The molecule has 0 aliphatic heterocycles. The molecule has 0 bridgehead atoms. The van der Waals surface area contributed by atoms with E-state index in [0.29, 0.717) is 35.5 Å². The van der Waals surface area contributed by atoms with Gasteiger partial charge >= 0.3 is 0 Å². The van der Waals surface area contributed by atoms with Gasteiger partial charge in [-0.25, -0.2) is 0 Å². The highest BCUT2D eigenvalue weighted by molar-refractivity contribution is 6.32. The lowest BCUT2D eigenvalue weighted by molar-refractivity contribution is 0.111. The minimum absolute atomic E-state index is 0.00684. The maximum Gasteiger partial charge on any atom is 0.153 e. The molecule has 8 heteroatoms. The summed E-state index contributed by atoms with van der Waals surface area (Å²) in [4.78, 5) is 15.8. The van der Waals surface area contributed by atoms with E-state index in [9.17, 15) is 9.90 Å². The SMILES string of the molecule is Cc1c(COc2cc(OCc3cncc(C#N)c3)c(C=O)cc2Cl)cccc1-c1cccc(OCC(CO)c2ccccc2)c1C. The Morgan fingerprint density at radius 3 is 2.33 bits per heavy atom. The van der Waals surface area contributed by atoms with Crippen molar-refractivity contribution in [1.82, 2.24) is 4.98 Å². The summed E-state index contributed by atoms with van der Waals surface area (Å²) in [5, 5.41) is 19.4. The van der Waals surface area contributed by atoms with Crippen molar-refractivity contribution < 1.29 is 24.1 Å². The highest BCUT2D eigenvalue weighted by Gasteiger charge is 2.16. The van der Waals surface area contributed by atoms with Crippen LogP contribution in [0.2, 0.25) is 5.02 Å². The molecule has 46 heavy (non-hydrogen) atoms. The van der Waals surface area contributed by atoms with E-state index in [2.05, 4.69) is 23.2 Å². The molecule has 0 spiro atoms. The van der Waals surface area contributed by atoms with E-state index in [-0.39, 0.29) is 36.3 Å². The highest BCUT2D eigenvalue weighted by Crippen LogP contribution is 2.36. The van der Waals surface area contributed by atoms with E-state index in [4.69, 9.17) is 31.1 Å². The van der Waals surface area contributed by atoms with Gasteiger partial charge in [-0.1, -0.05) is 72.3 Å². The Kier molecular flexibility index (Phi) is 10.7. The number of carbonyl (C=O) groups excluding carboxylic acids is 1. The van der Waals surface area contributed by atoms with Crippen LogP contribution in [-0.2, 0) is 13.2 Å². The van der Waals surface area contributed by atoms with Crippen molar-refractivity contribution in [3.05, 3.63) is 141 Å². The van der Waals surface area contributed by atoms with Crippen LogP contribution in [0.1, 0.15) is 49.7 Å². The molecular weight excluding hydrogens is 600 g/mol. The lowest BCUT2D eigenvalue weighted by Gasteiger charge is -2.19. The molecule has 5 aromatic rings. The van der Waals surface area contributed by atoms with Gasteiger partial charge in [0.2, 0.25) is 0 Å². The van der Waals surface area contributed by atoms with E-state index >= 15 is 0 Å². The normalized spacial score (nSPS) is 11.4. The van der Waals surface area contributed by atoms with Crippen molar-refractivity contribution in [3.8, 4) is 34.4 Å². The van der Waals surface area contributed by atoms with Crippen molar-refractivity contribution >= 4 is 17.9 Å². The molecule has 1 unspecified atom stereocenters. The van der Waals surface area contributed by atoms with Gasteiger partial charge in [0.25, 0.3) is 0 Å². The number of hydrogen-bond donors (Lipinski definition) is 1. The van der Waals surface area contributed by atoms with E-state index in [0.717, 1.165) is 39.1 Å². The molecule has 0 aliphatic rings. The minimum atomic E-state index is -0.128. The van der Waals surface area contributed by atoms with Crippen LogP contribution < -0.4 is 14.2 Å². The fraction of sp³-hybridized carbons (Fsp3) is 0.184. The number of benzene rings is 4. The van der Waals surface area contributed by atoms with Crippen molar-refractivity contribution in [2.24, 2.45) is 0 Å². The minimum Gasteiger partial charge on any atom is -0.493 e. The highest BCUT2D eigenvalue weighted by atomic mass is 35.5. The Hall–Kier alpha value is -5.16. The van der Waals surface area contributed by atoms with Gasteiger partial charge in [0.05, 0.1) is 29.4 Å². The Balaban J connectivity index is 1.32. The molecule has 232 valence electrons. The number of hydrogen-bond acceptors (Lipinski definition) is 7. The number of nitriles is 1. The summed E-state index contributed by atoms with van der Waals surface area (Å²) in [5.74, 6) is 1.32. The maximum atomic E-state index is 11.8. The summed E-state index contributed by atoms with van der Waals surface area (Å²) in [6.45, 7) is 4.78. The quantitative estimate of drug-likeness (QED) is 0.131. The number of aliphatic hydroxyl groups is 1. The van der Waals surface area contributed by atoms with Crippen LogP contribution in [0.4, 0.5) is 0 Å². The largest absolute Gasteiger partial charge is 0.493 e. The van der Waals surface area contributed by atoms with Crippen LogP contribution in [0.25, 0.3) is 11.1 Å². The monoisotopic (exact) mass is 632 g/mol. The van der Waals surface area contributed by atoms with Gasteiger partial charge in [-0.3, -0.25) is 9.78 Å². The Morgan fingerprint density at radius 1 is 0.848 bits per heavy atom. The fourth-order valence-corrected chi connectivity index (χ4v) is 5.41. The number of rotatable bonds is 13. The van der Waals surface area contributed by atoms with Gasteiger partial charge in [-0.2, -0.15) is 5.26 Å². The first-order chi connectivity index (χ1) is 22.4. The molecule has 0 amide bonds. The number of ether oxygens (including phenoxy) is 3. The third-order valence-corrected chi connectivity index (χ3v) is 8.14. The average Bonchev–Trinajstić information content (AvgIpc) is 3.09. The van der Waals surface area contributed by atoms with Gasteiger partial charge in [0.1, 0.15) is 36.5 Å². The summed E-state index contributed by atoms with van der Waals surface area (Å²) < 4.78 is 18.3. The topological polar surface area (TPSA) is 102 Å². The first kappa shape index (κ1) is 32.2. The van der Waals surface area contributed by atoms with Crippen LogP contribution in [0.5, 0.6) is 17.2 Å². The molecule has 5 rings (SSSR count). The second-order valence-electron chi connectivity index (χ2n) is 10.8. The van der Waals surface area contributed by atoms with E-state index < -0.39 is 0 Å². The zero-order chi connectivity index (χ0) is 32.5. The van der Waals surface area contributed by atoms with Crippen LogP contribution in [-0.4, -0.2) is 29.6 Å². The van der Waals surface area contributed by atoms with Crippen molar-refractivity contribution in [1.29, 1.82) is 5.26 Å². The first-order valence-corrected chi connectivity index (χ1v) is 15.1. The third kappa shape index (κ3) is 7.55. The van der Waals surface area contributed by atoms with Crippen LogP contribution >= 0.6 is 11.6 Å². The lowest BCUT2D eigenvalue weighted by Crippen LogP contribution is -2.14. The summed E-state index contributed by atoms with van der Waals surface area (Å²) >= 11 is 6.49. The van der Waals surface area contributed by atoms with Crippen molar-refractivity contribution in [3.63, 3.8) is 0 Å². The molecule has 4 aromatic carbocycles. The van der Waals surface area contributed by atoms with E-state index in [1.54, 1.807) is 18.3 Å². The molecule has 0 fully saturated rings. The Bertz CT molecular complexity index is 1870. The van der Waals surface area contributed by atoms with E-state index in [1.807, 2.05) is 68.4 Å². The van der Waals surface area contributed by atoms with Gasteiger partial charge in [-0.15, -0.1) is 0 Å². The average molecular weight is 633 g/mol. The Morgan fingerprint density at radius 2 is 1.59 bits per heavy atom. The molecule has 1 atom stereocenters. The standard InChI is InChI=1S/C38H33ClN2O5/c1-25-30(23-46-38-16-37(31(20-42)15-35(38)39)44-22-28-14-27(17-40)18-41-19-28)10-6-11-33(25)34-12-7-13-36(26(34)2)45-24-32(21-43)29-8-4-3-5-9-29/h3-16,18-20,32,43H,21-24H2,1-2H3. The second kappa shape index (κ2) is 15.2. The smallest absolute Gasteiger partial charge is 0.153 e. The first-order valence-electron chi connectivity index (χ1n) is 14.8. The predicted molar refractivity (Wildman–Crippen MR) is 178 cm³/mol. The van der Waals surface area contributed by atoms with E-state index in [1.165, 1.54) is 12.3 Å². The van der Waals surface area contributed by atoms with Crippen LogP contribution in [0.15, 0.2) is 97.3 Å². The molecular formula is C38H33ClN2O5. The summed E-state index contributed by atoms with van der Waals surface area (Å²) in [6, 6.07) is 28.8. The summed E-state index contributed by atoms with van der Waals surface area (Å²) in [5.41, 5.74) is 7.51. The third-order valence-electron chi connectivity index (χ3n) is 7.84. The number of halogens is 1. The number of aromatic nitrogens is 1.